The monoisotopic (exact) mass is 479 g/mol. The molecule has 2 aromatic rings. The molecule has 0 radical (unpaired) electrons. The van der Waals surface area contributed by atoms with Gasteiger partial charge in [-0.1, -0.05) is 34.8 Å². The number of alkyl halides is 3. The second-order valence-corrected chi connectivity index (χ2v) is 8.40. The molecule has 29 heavy (non-hydrogen) atoms. The van der Waals surface area contributed by atoms with Crippen molar-refractivity contribution in [1.29, 1.82) is 0 Å². The molecule has 0 aliphatic rings. The van der Waals surface area contributed by atoms with E-state index in [1.54, 1.807) is 6.07 Å². The lowest BCUT2D eigenvalue weighted by molar-refractivity contribution is 0.0934. The number of nitrogens with one attached hydrogen (secondary N) is 3. The predicted molar refractivity (Wildman–Crippen MR) is 117 cm³/mol. The van der Waals surface area contributed by atoms with Gasteiger partial charge in [0.25, 0.3) is 5.91 Å². The van der Waals surface area contributed by atoms with Crippen LogP contribution in [0.15, 0.2) is 42.5 Å². The molecule has 6 nitrogen and oxygen atoms in total. The van der Waals surface area contributed by atoms with Crippen LogP contribution in [0.25, 0.3) is 0 Å². The van der Waals surface area contributed by atoms with E-state index in [-0.39, 0.29) is 10.7 Å². The minimum absolute atomic E-state index is 0.0561. The molecule has 0 saturated heterocycles. The van der Waals surface area contributed by atoms with Crippen LogP contribution in [0.3, 0.4) is 0 Å². The standard InChI is InChI=1S/C18H17Cl3FN3O3S/c1-27-13-8-3-10(9-14(13)28-2)15(26)24-16(18(19,20)21)25-17(29)23-12-6-4-11(22)5-7-12/h3-9,16H,1-2H3,(H,24,26)(H2,23,25,29)/t16-/m0/s1. The SMILES string of the molecule is COc1ccc(C(=O)N[C@@H](NC(=S)Nc2ccc(F)cc2)C(Cl)(Cl)Cl)cc1OC. The van der Waals surface area contributed by atoms with Crippen molar-refractivity contribution in [2.45, 2.75) is 9.96 Å². The molecule has 156 valence electrons. The Balaban J connectivity index is 2.11. The Bertz CT molecular complexity index is 879. The van der Waals surface area contributed by atoms with Gasteiger partial charge in [-0.3, -0.25) is 4.79 Å². The van der Waals surface area contributed by atoms with Gasteiger partial charge in [-0.15, -0.1) is 0 Å². The zero-order valence-corrected chi connectivity index (χ0v) is 18.3. The van der Waals surface area contributed by atoms with E-state index in [1.807, 2.05) is 0 Å². The van der Waals surface area contributed by atoms with Gasteiger partial charge < -0.3 is 25.4 Å². The van der Waals surface area contributed by atoms with Gasteiger partial charge in [0, 0.05) is 11.3 Å². The molecular weight excluding hydrogens is 464 g/mol. The fourth-order valence-electron chi connectivity index (χ4n) is 2.22. The first-order chi connectivity index (χ1) is 13.6. The lowest BCUT2D eigenvalue weighted by atomic mass is 10.2. The summed E-state index contributed by atoms with van der Waals surface area (Å²) >= 11 is 23.1. The summed E-state index contributed by atoms with van der Waals surface area (Å²) in [5, 5.41) is 8.14. The number of methoxy groups -OCH3 is 2. The quantitative estimate of drug-likeness (QED) is 0.326. The van der Waals surface area contributed by atoms with E-state index < -0.39 is 21.7 Å². The maximum absolute atomic E-state index is 13.0. The summed E-state index contributed by atoms with van der Waals surface area (Å²) in [6.07, 6.45) is -1.17. The van der Waals surface area contributed by atoms with Crippen LogP contribution < -0.4 is 25.4 Å². The van der Waals surface area contributed by atoms with Gasteiger partial charge in [-0.2, -0.15) is 0 Å². The minimum Gasteiger partial charge on any atom is -0.493 e. The van der Waals surface area contributed by atoms with Gasteiger partial charge in [-0.05, 0) is 54.7 Å². The predicted octanol–water partition coefficient (Wildman–Crippen LogP) is 4.26. The van der Waals surface area contributed by atoms with Crippen LogP contribution in [0.2, 0.25) is 0 Å². The molecule has 2 aromatic carbocycles. The Kier molecular flexibility index (Phi) is 8.15. The molecule has 3 N–H and O–H groups in total. The summed E-state index contributed by atoms with van der Waals surface area (Å²) in [6, 6.07) is 10.1. The van der Waals surface area contributed by atoms with Gasteiger partial charge in [-0.25, -0.2) is 4.39 Å². The second-order valence-electron chi connectivity index (χ2n) is 5.62. The molecule has 0 aliphatic carbocycles. The molecule has 1 atom stereocenters. The van der Waals surface area contributed by atoms with Crippen LogP contribution in [-0.2, 0) is 0 Å². The van der Waals surface area contributed by atoms with E-state index in [9.17, 15) is 9.18 Å². The van der Waals surface area contributed by atoms with E-state index in [0.29, 0.717) is 17.2 Å². The van der Waals surface area contributed by atoms with Crippen LogP contribution >= 0.6 is 47.0 Å². The van der Waals surface area contributed by atoms with Crippen LogP contribution in [0.1, 0.15) is 10.4 Å². The maximum Gasteiger partial charge on any atom is 0.253 e. The van der Waals surface area contributed by atoms with Crippen molar-refractivity contribution < 1.29 is 18.7 Å². The van der Waals surface area contributed by atoms with Crippen LogP contribution in [0.4, 0.5) is 10.1 Å². The van der Waals surface area contributed by atoms with Crippen molar-refractivity contribution in [3.8, 4) is 11.5 Å². The van der Waals surface area contributed by atoms with Gasteiger partial charge in [0.05, 0.1) is 14.2 Å². The molecule has 0 heterocycles. The van der Waals surface area contributed by atoms with Gasteiger partial charge in [0.1, 0.15) is 12.0 Å². The number of rotatable bonds is 6. The fourth-order valence-corrected chi connectivity index (χ4v) is 2.79. The highest BCUT2D eigenvalue weighted by atomic mass is 35.6. The average molecular weight is 481 g/mol. The number of halogens is 4. The van der Waals surface area contributed by atoms with E-state index in [2.05, 4.69) is 16.0 Å². The maximum atomic E-state index is 13.0. The smallest absolute Gasteiger partial charge is 0.253 e. The zero-order valence-electron chi connectivity index (χ0n) is 15.3. The number of amides is 1. The summed E-state index contributed by atoms with van der Waals surface area (Å²) in [5.74, 6) is -0.105. The van der Waals surface area contributed by atoms with Crippen LogP contribution in [-0.4, -0.2) is 35.2 Å². The average Bonchev–Trinajstić information content (AvgIpc) is 2.67. The molecule has 0 aliphatic heterocycles. The molecule has 11 heteroatoms. The first-order valence-corrected chi connectivity index (χ1v) is 9.61. The molecule has 0 bridgehead atoms. The molecule has 1 amide bonds. The highest BCUT2D eigenvalue weighted by molar-refractivity contribution is 7.80. The molecule has 0 saturated carbocycles. The van der Waals surface area contributed by atoms with E-state index in [1.165, 1.54) is 50.6 Å². The first-order valence-electron chi connectivity index (χ1n) is 8.06. The lowest BCUT2D eigenvalue weighted by Gasteiger charge is -2.28. The van der Waals surface area contributed by atoms with Crippen molar-refractivity contribution in [3.05, 3.63) is 53.8 Å². The number of hydrogen-bond acceptors (Lipinski definition) is 4. The lowest BCUT2D eigenvalue weighted by Crippen LogP contribution is -2.56. The Morgan fingerprint density at radius 3 is 2.21 bits per heavy atom. The Labute approximate surface area is 187 Å². The van der Waals surface area contributed by atoms with Crippen molar-refractivity contribution in [2.75, 3.05) is 19.5 Å². The Morgan fingerprint density at radius 2 is 1.66 bits per heavy atom. The first kappa shape index (κ1) is 23.3. The minimum atomic E-state index is -1.93. The number of benzene rings is 2. The Morgan fingerprint density at radius 1 is 1.03 bits per heavy atom. The summed E-state index contributed by atoms with van der Waals surface area (Å²) in [7, 11) is 2.93. The van der Waals surface area contributed by atoms with Gasteiger partial charge in [0.2, 0.25) is 3.79 Å². The normalized spacial score (nSPS) is 11.9. The highest BCUT2D eigenvalue weighted by Crippen LogP contribution is 2.30. The summed E-state index contributed by atoms with van der Waals surface area (Å²) < 4.78 is 21.4. The number of thiocarbonyl (C=S) groups is 1. The summed E-state index contributed by atoms with van der Waals surface area (Å²) in [5.41, 5.74) is 0.763. The molecule has 0 fully saturated rings. The van der Waals surface area contributed by atoms with Crippen molar-refractivity contribution >= 4 is 63.7 Å². The van der Waals surface area contributed by atoms with Crippen molar-refractivity contribution in [1.82, 2.24) is 10.6 Å². The zero-order chi connectivity index (χ0) is 21.6. The third kappa shape index (κ3) is 6.78. The van der Waals surface area contributed by atoms with E-state index in [0.717, 1.165) is 0 Å². The third-order valence-corrected chi connectivity index (χ3v) is 4.50. The summed E-state index contributed by atoms with van der Waals surface area (Å²) in [4.78, 5) is 12.6. The number of anilines is 1. The summed E-state index contributed by atoms with van der Waals surface area (Å²) in [6.45, 7) is 0. The largest absolute Gasteiger partial charge is 0.493 e. The molecule has 0 unspecified atom stereocenters. The van der Waals surface area contributed by atoms with Gasteiger partial charge >= 0.3 is 0 Å². The molecule has 0 spiro atoms. The topological polar surface area (TPSA) is 71.6 Å². The number of ether oxygens (including phenoxy) is 2. The molecular formula is C18H17Cl3FN3O3S. The highest BCUT2D eigenvalue weighted by Gasteiger charge is 2.35. The molecule has 2 rings (SSSR count). The van der Waals surface area contributed by atoms with Crippen molar-refractivity contribution in [2.24, 2.45) is 0 Å². The Hall–Kier alpha value is -2.00. The van der Waals surface area contributed by atoms with E-state index in [4.69, 9.17) is 56.5 Å². The second kappa shape index (κ2) is 10.2. The number of hydrogen-bond donors (Lipinski definition) is 3. The van der Waals surface area contributed by atoms with E-state index >= 15 is 0 Å². The van der Waals surface area contributed by atoms with Gasteiger partial charge in [0.15, 0.2) is 16.6 Å². The number of carbonyl (C=O) groups excluding carboxylic acids is 1. The third-order valence-electron chi connectivity index (χ3n) is 3.63. The molecule has 0 aromatic heterocycles. The van der Waals surface area contributed by atoms with Crippen LogP contribution in [0, 0.1) is 5.82 Å². The fraction of sp³-hybridized carbons (Fsp3) is 0.222. The van der Waals surface area contributed by atoms with Crippen LogP contribution in [0.5, 0.6) is 11.5 Å². The number of carbonyl (C=O) groups is 1. The van der Waals surface area contributed by atoms with Crippen molar-refractivity contribution in [3.63, 3.8) is 0 Å².